The van der Waals surface area contributed by atoms with Crippen LogP contribution in [0, 0.1) is 6.92 Å². The first kappa shape index (κ1) is 16.8. The molecule has 0 aliphatic rings. The fraction of sp³-hybridized carbons (Fsp3) is 0.400. The second kappa shape index (κ2) is 5.24. The van der Waals surface area contributed by atoms with Crippen molar-refractivity contribution in [2.45, 2.75) is 24.7 Å². The van der Waals surface area contributed by atoms with E-state index in [2.05, 4.69) is 4.18 Å². The molecule has 0 heterocycles. The molecule has 10 heteroatoms. The Kier molecular flexibility index (Phi) is 4.39. The minimum atomic E-state index is -6.36. The molecule has 1 aromatic rings. The second-order valence-electron chi connectivity index (χ2n) is 3.83. The van der Waals surface area contributed by atoms with Crippen LogP contribution in [-0.2, 0) is 14.3 Å². The molecule has 1 atom stereocenters. The van der Waals surface area contributed by atoms with Gasteiger partial charge in [0.2, 0.25) is 0 Å². The Morgan fingerprint density at radius 1 is 1.00 bits per heavy atom. The highest BCUT2D eigenvalue weighted by Gasteiger charge is 2.53. The van der Waals surface area contributed by atoms with Gasteiger partial charge in [0.25, 0.3) is 0 Å². The molecule has 0 aliphatic heterocycles. The molecule has 114 valence electrons. The average Bonchev–Trinajstić information content (AvgIpc) is 2.24. The molecular formula is C10H8F6O3S. The molecule has 0 bridgehead atoms. The lowest BCUT2D eigenvalue weighted by molar-refractivity contribution is -0.200. The monoisotopic (exact) mass is 322 g/mol. The molecule has 0 spiro atoms. The van der Waals surface area contributed by atoms with Crippen molar-refractivity contribution >= 4 is 10.1 Å². The Morgan fingerprint density at radius 2 is 1.45 bits per heavy atom. The number of hydrogen-bond donors (Lipinski definition) is 0. The van der Waals surface area contributed by atoms with Gasteiger partial charge in [-0.05, 0) is 12.5 Å². The van der Waals surface area contributed by atoms with Crippen molar-refractivity contribution in [3.63, 3.8) is 0 Å². The molecule has 0 radical (unpaired) electrons. The van der Waals surface area contributed by atoms with Crippen molar-refractivity contribution < 1.29 is 38.9 Å². The fourth-order valence-corrected chi connectivity index (χ4v) is 1.80. The Labute approximate surface area is 110 Å². The summed E-state index contributed by atoms with van der Waals surface area (Å²) in [6.07, 6.45) is -8.53. The number of aryl methyl sites for hydroxylation is 1. The van der Waals surface area contributed by atoms with Crippen LogP contribution in [-0.4, -0.2) is 20.1 Å². The third kappa shape index (κ3) is 3.85. The summed E-state index contributed by atoms with van der Waals surface area (Å²) in [6, 6.07) is 4.08. The summed E-state index contributed by atoms with van der Waals surface area (Å²) in [5, 5.41) is 0. The summed E-state index contributed by atoms with van der Waals surface area (Å²) >= 11 is 0. The van der Waals surface area contributed by atoms with Gasteiger partial charge < -0.3 is 0 Å². The van der Waals surface area contributed by atoms with Gasteiger partial charge in [0.15, 0.2) is 6.10 Å². The highest BCUT2D eigenvalue weighted by atomic mass is 32.2. The molecule has 1 rings (SSSR count). The smallest absolute Gasteiger partial charge is 0.245 e. The SMILES string of the molecule is Cc1ccc([C@H](OS(=O)(=O)C(F)(F)F)C(F)(F)F)cc1. The maximum atomic E-state index is 12.7. The molecule has 0 saturated carbocycles. The summed E-state index contributed by atoms with van der Waals surface area (Å²) in [4.78, 5) is 0. The van der Waals surface area contributed by atoms with E-state index < -0.39 is 33.5 Å². The van der Waals surface area contributed by atoms with Gasteiger partial charge in [-0.25, -0.2) is 4.18 Å². The normalized spacial score (nSPS) is 15.2. The molecule has 0 saturated heterocycles. The Morgan fingerprint density at radius 3 is 1.80 bits per heavy atom. The minimum absolute atomic E-state index is 0.549. The van der Waals surface area contributed by atoms with Gasteiger partial charge in [0.05, 0.1) is 0 Å². The van der Waals surface area contributed by atoms with Crippen LogP contribution in [0.15, 0.2) is 24.3 Å². The zero-order chi connectivity index (χ0) is 15.8. The highest BCUT2D eigenvalue weighted by Crippen LogP contribution is 2.40. The zero-order valence-corrected chi connectivity index (χ0v) is 10.6. The second-order valence-corrected chi connectivity index (χ2v) is 5.39. The molecule has 3 nitrogen and oxygen atoms in total. The van der Waals surface area contributed by atoms with E-state index in [1.165, 1.54) is 12.1 Å². The summed E-state index contributed by atoms with van der Waals surface area (Å²) in [7, 11) is -6.36. The van der Waals surface area contributed by atoms with Gasteiger partial charge in [-0.15, -0.1) is 0 Å². The molecule has 0 fully saturated rings. The zero-order valence-electron chi connectivity index (χ0n) is 9.79. The van der Waals surface area contributed by atoms with Crippen LogP contribution in [0.25, 0.3) is 0 Å². The summed E-state index contributed by atoms with van der Waals surface area (Å²) < 4.78 is 99.0. The third-order valence-corrected chi connectivity index (χ3v) is 3.20. The van der Waals surface area contributed by atoms with E-state index in [4.69, 9.17) is 0 Å². The Hall–Kier alpha value is -1.29. The average molecular weight is 322 g/mol. The van der Waals surface area contributed by atoms with Crippen LogP contribution in [0.4, 0.5) is 26.3 Å². The van der Waals surface area contributed by atoms with E-state index in [0.29, 0.717) is 5.56 Å². The standard InChI is InChI=1S/C10H8F6O3S/c1-6-2-4-7(5-3-6)8(9(11,12)13)19-20(17,18)10(14,15)16/h2-5,8H,1H3/t8-/m0/s1. The van der Waals surface area contributed by atoms with Crippen LogP contribution >= 0.6 is 0 Å². The van der Waals surface area contributed by atoms with Crippen LogP contribution in [0.3, 0.4) is 0 Å². The summed E-state index contributed by atoms with van der Waals surface area (Å²) in [6.45, 7) is 1.54. The third-order valence-electron chi connectivity index (χ3n) is 2.18. The molecule has 0 aromatic heterocycles. The van der Waals surface area contributed by atoms with Crippen molar-refractivity contribution in [3.05, 3.63) is 35.4 Å². The molecule has 0 N–H and O–H groups in total. The van der Waals surface area contributed by atoms with Crippen LogP contribution in [0.1, 0.15) is 17.2 Å². The molecule has 0 unspecified atom stereocenters. The lowest BCUT2D eigenvalue weighted by Crippen LogP contribution is -2.32. The molecular weight excluding hydrogens is 314 g/mol. The van der Waals surface area contributed by atoms with E-state index in [9.17, 15) is 34.8 Å². The van der Waals surface area contributed by atoms with E-state index in [-0.39, 0.29) is 0 Å². The van der Waals surface area contributed by atoms with E-state index in [1.807, 2.05) is 0 Å². The maximum Gasteiger partial charge on any atom is 0.523 e. The maximum absolute atomic E-state index is 12.7. The lowest BCUT2D eigenvalue weighted by Gasteiger charge is -2.21. The molecule has 0 amide bonds. The first-order valence-corrected chi connectivity index (χ1v) is 6.38. The van der Waals surface area contributed by atoms with Crippen molar-refractivity contribution in [1.82, 2.24) is 0 Å². The van der Waals surface area contributed by atoms with Crippen LogP contribution in [0.5, 0.6) is 0 Å². The van der Waals surface area contributed by atoms with Gasteiger partial charge in [0.1, 0.15) is 0 Å². The minimum Gasteiger partial charge on any atom is -0.245 e. The van der Waals surface area contributed by atoms with Crippen LogP contribution < -0.4 is 0 Å². The van der Waals surface area contributed by atoms with Gasteiger partial charge in [-0.1, -0.05) is 29.8 Å². The molecule has 0 aliphatic carbocycles. The van der Waals surface area contributed by atoms with Gasteiger partial charge in [-0.2, -0.15) is 34.8 Å². The van der Waals surface area contributed by atoms with Gasteiger partial charge in [-0.3, -0.25) is 0 Å². The van der Waals surface area contributed by atoms with Gasteiger partial charge >= 0.3 is 21.8 Å². The molecule has 20 heavy (non-hydrogen) atoms. The molecule has 1 aromatic carbocycles. The first-order chi connectivity index (χ1) is 8.84. The predicted molar refractivity (Wildman–Crippen MR) is 56.0 cm³/mol. The van der Waals surface area contributed by atoms with E-state index in [1.54, 1.807) is 6.92 Å². The lowest BCUT2D eigenvalue weighted by atomic mass is 10.1. The summed E-state index contributed by atoms with van der Waals surface area (Å²) in [5.41, 5.74) is -6.12. The van der Waals surface area contributed by atoms with Crippen molar-refractivity contribution in [2.75, 3.05) is 0 Å². The number of hydrogen-bond acceptors (Lipinski definition) is 3. The number of benzene rings is 1. The summed E-state index contributed by atoms with van der Waals surface area (Å²) in [5.74, 6) is 0. The Balaban J connectivity index is 3.20. The van der Waals surface area contributed by atoms with Crippen molar-refractivity contribution in [2.24, 2.45) is 0 Å². The topological polar surface area (TPSA) is 43.4 Å². The van der Waals surface area contributed by atoms with Crippen molar-refractivity contribution in [3.8, 4) is 0 Å². The van der Waals surface area contributed by atoms with E-state index in [0.717, 1.165) is 12.1 Å². The first-order valence-electron chi connectivity index (χ1n) is 4.97. The van der Waals surface area contributed by atoms with Crippen LogP contribution in [0.2, 0.25) is 0 Å². The largest absolute Gasteiger partial charge is 0.523 e. The number of alkyl halides is 6. The fourth-order valence-electron chi connectivity index (χ4n) is 1.22. The highest BCUT2D eigenvalue weighted by molar-refractivity contribution is 7.87. The quantitative estimate of drug-likeness (QED) is 0.486. The predicted octanol–water partition coefficient (Wildman–Crippen LogP) is 3.46. The van der Waals surface area contributed by atoms with Gasteiger partial charge in [0, 0.05) is 0 Å². The van der Waals surface area contributed by atoms with E-state index >= 15 is 0 Å². The number of rotatable bonds is 3. The Bertz CT molecular complexity index is 558. The number of halogens is 6. The van der Waals surface area contributed by atoms with Crippen molar-refractivity contribution in [1.29, 1.82) is 0 Å².